The van der Waals surface area contributed by atoms with Gasteiger partial charge in [0.25, 0.3) is 5.51 Å². The van der Waals surface area contributed by atoms with Crippen molar-refractivity contribution in [3.63, 3.8) is 0 Å². The quantitative estimate of drug-likeness (QED) is 0.243. The maximum Gasteiger partial charge on any atom is 0.391 e. The highest BCUT2D eigenvalue weighted by Gasteiger charge is 2.17. The standard InChI is InChI=1S/C22H29N6OS2/c1-4-13-28(14-5-1)17-19-8-6-9-20(16-19)29-15-7-12-25-31-18-24-26-22(31)27-30-21-10-2-3-11-23-21/h2-3,6,8-11,16,18,25H,1,4-5,7,12-15,17H2,(H,26,27)/q+1. The van der Waals surface area contributed by atoms with Crippen LogP contribution in [0.15, 0.2) is 59.2 Å². The van der Waals surface area contributed by atoms with Gasteiger partial charge in [-0.3, -0.25) is 9.62 Å². The van der Waals surface area contributed by atoms with Crippen molar-refractivity contribution in [2.75, 3.05) is 35.7 Å². The van der Waals surface area contributed by atoms with E-state index in [1.807, 2.05) is 29.8 Å². The van der Waals surface area contributed by atoms with Crippen LogP contribution in [0.5, 0.6) is 5.75 Å². The fourth-order valence-corrected chi connectivity index (χ4v) is 5.37. The molecule has 3 aromatic rings. The summed E-state index contributed by atoms with van der Waals surface area (Å²) in [5.74, 6) is 0.954. The lowest BCUT2D eigenvalue weighted by molar-refractivity contribution is 0.220. The Labute approximate surface area is 190 Å². The Morgan fingerprint density at radius 3 is 2.90 bits per heavy atom. The third-order valence-electron chi connectivity index (χ3n) is 4.99. The molecule has 3 heterocycles. The molecule has 9 heteroatoms. The zero-order valence-corrected chi connectivity index (χ0v) is 19.2. The van der Waals surface area contributed by atoms with Crippen LogP contribution in [0.4, 0.5) is 5.13 Å². The van der Waals surface area contributed by atoms with Crippen LogP contribution in [0.25, 0.3) is 0 Å². The molecule has 1 saturated heterocycles. The molecule has 1 aliphatic rings. The summed E-state index contributed by atoms with van der Waals surface area (Å²) >= 11 is 1.44. The van der Waals surface area contributed by atoms with E-state index in [9.17, 15) is 0 Å². The van der Waals surface area contributed by atoms with Gasteiger partial charge >= 0.3 is 5.13 Å². The Morgan fingerprint density at radius 2 is 2.03 bits per heavy atom. The minimum absolute atomic E-state index is 0.307. The Balaban J connectivity index is 1.16. The van der Waals surface area contributed by atoms with Gasteiger partial charge in [0.1, 0.15) is 21.4 Å². The highest BCUT2D eigenvalue weighted by atomic mass is 32.2. The summed E-state index contributed by atoms with van der Waals surface area (Å²) in [4.78, 5) is 6.82. The van der Waals surface area contributed by atoms with Gasteiger partial charge in [0.05, 0.1) is 6.61 Å². The molecule has 0 amide bonds. The number of benzene rings is 1. The zero-order valence-electron chi connectivity index (χ0n) is 17.6. The maximum atomic E-state index is 5.99. The van der Waals surface area contributed by atoms with E-state index in [0.29, 0.717) is 6.61 Å². The second-order valence-electron chi connectivity index (χ2n) is 7.42. The van der Waals surface area contributed by atoms with E-state index in [0.717, 1.165) is 35.4 Å². The lowest BCUT2D eigenvalue weighted by Gasteiger charge is -2.26. The van der Waals surface area contributed by atoms with Crippen molar-refractivity contribution in [2.45, 2.75) is 37.3 Å². The molecule has 1 aliphatic heterocycles. The van der Waals surface area contributed by atoms with Crippen LogP contribution in [0.2, 0.25) is 0 Å². The van der Waals surface area contributed by atoms with Crippen molar-refractivity contribution < 1.29 is 4.74 Å². The topological polar surface area (TPSA) is 75.2 Å². The van der Waals surface area contributed by atoms with Gasteiger partial charge in [-0.2, -0.15) is 0 Å². The predicted molar refractivity (Wildman–Crippen MR) is 128 cm³/mol. The van der Waals surface area contributed by atoms with Crippen LogP contribution in [0, 0.1) is 0 Å². The largest absolute Gasteiger partial charge is 0.494 e. The molecular formula is C22H29N6OS2+. The number of anilines is 1. The summed E-state index contributed by atoms with van der Waals surface area (Å²) in [6.45, 7) is 4.95. The minimum atomic E-state index is -0.307. The van der Waals surface area contributed by atoms with E-state index in [2.05, 4.69) is 47.7 Å². The minimum Gasteiger partial charge on any atom is -0.494 e. The molecule has 164 valence electrons. The van der Waals surface area contributed by atoms with Crippen molar-refractivity contribution in [3.8, 4) is 5.75 Å². The first-order chi connectivity index (χ1) is 15.4. The molecule has 1 unspecified atom stereocenters. The first-order valence-electron chi connectivity index (χ1n) is 10.7. The van der Waals surface area contributed by atoms with Gasteiger partial charge in [0, 0.05) is 31.2 Å². The summed E-state index contributed by atoms with van der Waals surface area (Å²) in [7, 11) is -0.307. The number of piperidine rings is 1. The number of rotatable bonds is 11. The number of hydrogen-bond acceptors (Lipinski definition) is 8. The summed E-state index contributed by atoms with van der Waals surface area (Å²) < 4.78 is 12.7. The van der Waals surface area contributed by atoms with Crippen molar-refractivity contribution >= 4 is 27.7 Å². The van der Waals surface area contributed by atoms with Gasteiger partial charge < -0.3 is 4.74 Å². The molecule has 1 fully saturated rings. The summed E-state index contributed by atoms with van der Waals surface area (Å²) in [6, 6.07) is 14.3. The molecule has 0 radical (unpaired) electrons. The van der Waals surface area contributed by atoms with Gasteiger partial charge in [-0.1, -0.05) is 34.8 Å². The van der Waals surface area contributed by atoms with Gasteiger partial charge in [0.2, 0.25) is 0 Å². The number of likely N-dealkylation sites (tertiary alicyclic amines) is 1. The molecule has 4 rings (SSSR count). The number of hydrogen-bond donors (Lipinski definition) is 2. The van der Waals surface area contributed by atoms with Gasteiger partial charge in [-0.25, -0.2) is 4.98 Å². The molecule has 0 aliphatic carbocycles. The Hall–Kier alpha value is -2.20. The van der Waals surface area contributed by atoms with Gasteiger partial charge in [-0.15, -0.1) is 4.72 Å². The molecule has 0 spiro atoms. The van der Waals surface area contributed by atoms with Crippen LogP contribution < -0.4 is 14.2 Å². The van der Waals surface area contributed by atoms with Crippen LogP contribution in [-0.2, 0) is 6.54 Å². The van der Waals surface area contributed by atoms with E-state index < -0.39 is 0 Å². The fraction of sp³-hybridized carbons (Fsp3) is 0.409. The molecule has 31 heavy (non-hydrogen) atoms. The first kappa shape index (κ1) is 22.0. The lowest BCUT2D eigenvalue weighted by Crippen LogP contribution is -2.29. The average Bonchev–Trinajstić information content (AvgIpc) is 3.26. The summed E-state index contributed by atoms with van der Waals surface area (Å²) in [5, 5.41) is 9.94. The van der Waals surface area contributed by atoms with E-state index in [-0.39, 0.29) is 10.7 Å². The Bertz CT molecular complexity index is 917. The fourth-order valence-electron chi connectivity index (χ4n) is 3.45. The van der Waals surface area contributed by atoms with E-state index >= 15 is 0 Å². The molecule has 7 nitrogen and oxygen atoms in total. The Kier molecular flexibility index (Phi) is 8.52. The molecule has 2 aromatic heterocycles. The number of pyridine rings is 1. The van der Waals surface area contributed by atoms with E-state index in [1.54, 1.807) is 6.20 Å². The smallest absolute Gasteiger partial charge is 0.391 e. The highest BCUT2D eigenvalue weighted by Crippen LogP contribution is 2.27. The zero-order chi connectivity index (χ0) is 21.1. The predicted octanol–water partition coefficient (Wildman–Crippen LogP) is 4.74. The second kappa shape index (κ2) is 12.0. The van der Waals surface area contributed by atoms with Crippen molar-refractivity contribution in [3.05, 3.63) is 59.7 Å². The Morgan fingerprint density at radius 1 is 1.10 bits per heavy atom. The number of aromatic nitrogens is 3. The average molecular weight is 458 g/mol. The van der Waals surface area contributed by atoms with E-state index in [4.69, 9.17) is 4.74 Å². The van der Waals surface area contributed by atoms with Gasteiger partial charge in [-0.05, 0) is 62.2 Å². The maximum absolute atomic E-state index is 5.99. The molecule has 0 bridgehead atoms. The lowest BCUT2D eigenvalue weighted by atomic mass is 10.1. The van der Waals surface area contributed by atoms with Gasteiger partial charge in [0.15, 0.2) is 0 Å². The number of nitrogens with zero attached hydrogens (tertiary/aromatic N) is 4. The molecule has 0 saturated carbocycles. The van der Waals surface area contributed by atoms with Crippen LogP contribution in [-0.4, -0.2) is 46.3 Å². The normalized spacial score (nSPS) is 15.0. The third kappa shape index (κ3) is 7.17. The second-order valence-corrected chi connectivity index (χ2v) is 9.80. The van der Waals surface area contributed by atoms with Crippen molar-refractivity contribution in [2.24, 2.45) is 0 Å². The van der Waals surface area contributed by atoms with Crippen LogP contribution >= 0.6 is 22.6 Å². The van der Waals surface area contributed by atoms with Crippen molar-refractivity contribution in [1.82, 2.24) is 20.1 Å². The summed E-state index contributed by atoms with van der Waals surface area (Å²) in [6.07, 6.45) is 6.69. The third-order valence-corrected chi connectivity index (χ3v) is 7.29. The monoisotopic (exact) mass is 457 g/mol. The molecule has 1 atom stereocenters. The molecular weight excluding hydrogens is 428 g/mol. The molecule has 1 aromatic carbocycles. The van der Waals surface area contributed by atoms with Crippen molar-refractivity contribution in [1.29, 1.82) is 0 Å². The first-order valence-corrected chi connectivity index (χ1v) is 12.8. The summed E-state index contributed by atoms with van der Waals surface area (Å²) in [5.41, 5.74) is 3.17. The highest BCUT2D eigenvalue weighted by molar-refractivity contribution is 8.00. The van der Waals surface area contributed by atoms with E-state index in [1.165, 1.54) is 49.9 Å². The van der Waals surface area contributed by atoms with Crippen LogP contribution in [0.1, 0.15) is 31.2 Å². The SMILES string of the molecule is c1ccc(SNc2nnc[s+]2NCCCOc2cccc(CN3CCCCC3)c2)nc1. The number of nitrogens with one attached hydrogen (secondary N) is 2. The molecule has 2 N–H and O–H groups in total. The van der Waals surface area contributed by atoms with Crippen LogP contribution in [0.3, 0.4) is 0 Å². The number of ether oxygens (including phenoxy) is 1.